The maximum atomic E-state index is 13.7. The molecule has 21 heavy (non-hydrogen) atoms. The Morgan fingerprint density at radius 2 is 1.86 bits per heavy atom. The van der Waals surface area contributed by atoms with Crippen molar-refractivity contribution in [1.29, 1.82) is 0 Å². The van der Waals surface area contributed by atoms with E-state index in [0.717, 1.165) is 6.07 Å². The van der Waals surface area contributed by atoms with Gasteiger partial charge in [0.05, 0.1) is 0 Å². The summed E-state index contributed by atoms with van der Waals surface area (Å²) in [7, 11) is 0. The Bertz CT molecular complexity index is 627. The van der Waals surface area contributed by atoms with Crippen molar-refractivity contribution in [2.24, 2.45) is 0 Å². The Hall–Kier alpha value is -1.86. The van der Waals surface area contributed by atoms with Gasteiger partial charge in [-0.1, -0.05) is 20.8 Å². The largest absolute Gasteiger partial charge is 0.492 e. The summed E-state index contributed by atoms with van der Waals surface area (Å²) in [5.74, 6) is -3.71. The molecule has 1 heterocycles. The van der Waals surface area contributed by atoms with E-state index in [4.69, 9.17) is 10.2 Å². The molecule has 2 N–H and O–H groups in total. The van der Waals surface area contributed by atoms with Crippen LogP contribution in [0.15, 0.2) is 18.5 Å². The molecule has 0 aliphatic heterocycles. The van der Waals surface area contributed by atoms with Crippen molar-refractivity contribution in [3.8, 4) is 5.75 Å². The zero-order valence-electron chi connectivity index (χ0n) is 11.8. The van der Waals surface area contributed by atoms with Crippen molar-refractivity contribution in [2.45, 2.75) is 33.4 Å². The van der Waals surface area contributed by atoms with Crippen LogP contribution in [0.2, 0.25) is 0 Å². The summed E-state index contributed by atoms with van der Waals surface area (Å²) in [4.78, 5) is 3.83. The predicted molar refractivity (Wildman–Crippen MR) is 71.3 cm³/mol. The molecule has 0 bridgehead atoms. The first-order chi connectivity index (χ1) is 9.83. The number of hydrogen-bond acceptors (Lipinski definition) is 4. The topological polar surface area (TPSA) is 62.6 Å². The van der Waals surface area contributed by atoms with E-state index < -0.39 is 23.6 Å². The van der Waals surface area contributed by atoms with Crippen molar-refractivity contribution in [1.82, 2.24) is 4.98 Å². The number of alkyl halides is 1. The van der Waals surface area contributed by atoms with Crippen molar-refractivity contribution in [3.05, 3.63) is 35.7 Å². The number of nitrogens with zero attached hydrogens (tertiary/aromatic N) is 1. The number of hydrogen-bond donors (Lipinski definition) is 2. The maximum absolute atomic E-state index is 13.7. The fourth-order valence-electron chi connectivity index (χ4n) is 1.82. The molecule has 116 valence electrons. The zero-order valence-corrected chi connectivity index (χ0v) is 11.8. The Labute approximate surface area is 119 Å². The molecule has 0 amide bonds. The van der Waals surface area contributed by atoms with Crippen LogP contribution in [0, 0.1) is 11.6 Å². The van der Waals surface area contributed by atoms with E-state index in [1.54, 1.807) is 6.92 Å². The maximum Gasteiger partial charge on any atom is 0.492 e. The molecule has 7 heteroatoms. The van der Waals surface area contributed by atoms with Crippen molar-refractivity contribution in [3.63, 3.8) is 0 Å². The van der Waals surface area contributed by atoms with Crippen LogP contribution >= 0.6 is 0 Å². The van der Waals surface area contributed by atoms with Gasteiger partial charge in [-0.3, -0.25) is 4.98 Å². The van der Waals surface area contributed by atoms with Gasteiger partial charge in [0.15, 0.2) is 11.6 Å². The minimum atomic E-state index is -4.10. The van der Waals surface area contributed by atoms with E-state index in [1.165, 1.54) is 12.4 Å². The second kappa shape index (κ2) is 6.73. The Morgan fingerprint density at radius 3 is 2.38 bits per heavy atom. The molecule has 0 fully saturated rings. The summed E-state index contributed by atoms with van der Waals surface area (Å²) in [6.45, 7) is 5.72. The summed E-state index contributed by atoms with van der Waals surface area (Å²) in [5.41, 5.74) is 0.454. The third kappa shape index (κ3) is 3.83. The normalized spacial score (nSPS) is 11.0. The number of fused-ring (bicyclic) bond motifs is 1. The number of ether oxygens (including phenoxy) is 1. The highest BCUT2D eigenvalue weighted by molar-refractivity contribution is 5.91. The number of aryl methyl sites for hydroxylation is 1. The Kier molecular flexibility index (Phi) is 5.51. The summed E-state index contributed by atoms with van der Waals surface area (Å²) in [5, 5.41) is 17.4. The predicted octanol–water partition coefficient (Wildman–Crippen LogP) is 3.05. The van der Waals surface area contributed by atoms with Gasteiger partial charge in [0.2, 0.25) is 5.82 Å². The van der Waals surface area contributed by atoms with E-state index in [9.17, 15) is 13.2 Å². The molecule has 0 spiro atoms. The lowest BCUT2D eigenvalue weighted by atomic mass is 10.0. The second-order valence-corrected chi connectivity index (χ2v) is 3.88. The molecule has 1 aromatic carbocycles. The van der Waals surface area contributed by atoms with Crippen LogP contribution in [0.4, 0.5) is 13.2 Å². The first kappa shape index (κ1) is 17.2. The number of aromatic nitrogens is 1. The van der Waals surface area contributed by atoms with Gasteiger partial charge in [-0.2, -0.15) is 4.39 Å². The molecule has 2 aromatic rings. The van der Waals surface area contributed by atoms with Crippen LogP contribution in [-0.4, -0.2) is 21.4 Å². The lowest BCUT2D eigenvalue weighted by Crippen LogP contribution is -2.29. The molecule has 0 saturated carbocycles. The minimum Gasteiger partial charge on any atom is -0.409 e. The molecule has 0 aliphatic rings. The molecule has 0 saturated heterocycles. The fraction of sp³-hybridized carbons (Fsp3) is 0.357. The van der Waals surface area contributed by atoms with Gasteiger partial charge in [0.1, 0.15) is 0 Å². The summed E-state index contributed by atoms with van der Waals surface area (Å²) in [6.07, 6.45) is -1.10. The zero-order chi connectivity index (χ0) is 16.2. The molecule has 0 atom stereocenters. The van der Waals surface area contributed by atoms with Gasteiger partial charge < -0.3 is 14.9 Å². The van der Waals surface area contributed by atoms with Crippen LogP contribution in [0.3, 0.4) is 0 Å². The molecule has 0 aliphatic carbocycles. The second-order valence-electron chi connectivity index (χ2n) is 3.88. The Balaban J connectivity index is 0.00000106. The van der Waals surface area contributed by atoms with Gasteiger partial charge in [-0.15, -0.1) is 4.39 Å². The van der Waals surface area contributed by atoms with Crippen molar-refractivity contribution < 1.29 is 28.1 Å². The SMILES string of the molecule is CC.CCc1cncc2cc(F)c(F)c(OC(O)(O)F)c12. The van der Waals surface area contributed by atoms with Gasteiger partial charge in [0.25, 0.3) is 0 Å². The van der Waals surface area contributed by atoms with Crippen LogP contribution in [0.5, 0.6) is 5.75 Å². The van der Waals surface area contributed by atoms with E-state index in [1.807, 2.05) is 13.8 Å². The molecule has 0 radical (unpaired) electrons. The number of halogens is 3. The van der Waals surface area contributed by atoms with Crippen LogP contribution in [0.25, 0.3) is 10.8 Å². The fourth-order valence-corrected chi connectivity index (χ4v) is 1.82. The molecule has 1 aromatic heterocycles. The standard InChI is InChI=1S/C12H10F3NO3.C2H6/c1-2-6-4-16-5-7-3-8(13)10(14)11(9(6)7)19-12(15,17)18;1-2/h3-5,17-18H,2H2,1H3;1-2H3. The summed E-state index contributed by atoms with van der Waals surface area (Å²) in [6, 6.07) is 0.873. The third-order valence-corrected chi connectivity index (χ3v) is 2.58. The number of benzene rings is 1. The molecule has 2 rings (SSSR count). The first-order valence-corrected chi connectivity index (χ1v) is 6.40. The molecule has 4 nitrogen and oxygen atoms in total. The monoisotopic (exact) mass is 303 g/mol. The van der Waals surface area contributed by atoms with Crippen LogP contribution in [-0.2, 0) is 6.42 Å². The molecule has 0 unspecified atom stereocenters. The van der Waals surface area contributed by atoms with Crippen LogP contribution in [0.1, 0.15) is 26.3 Å². The number of aliphatic hydroxyl groups is 2. The van der Waals surface area contributed by atoms with Gasteiger partial charge in [0, 0.05) is 23.2 Å². The minimum absolute atomic E-state index is 0.0431. The average Bonchev–Trinajstić information content (AvgIpc) is 2.44. The smallest absolute Gasteiger partial charge is 0.409 e. The third-order valence-electron chi connectivity index (χ3n) is 2.58. The van der Waals surface area contributed by atoms with Crippen molar-refractivity contribution in [2.75, 3.05) is 0 Å². The summed E-state index contributed by atoms with van der Waals surface area (Å²) >= 11 is 0. The highest BCUT2D eigenvalue weighted by Crippen LogP contribution is 2.35. The quantitative estimate of drug-likeness (QED) is 0.856. The molecular weight excluding hydrogens is 287 g/mol. The Morgan fingerprint density at radius 1 is 1.24 bits per heavy atom. The van der Waals surface area contributed by atoms with Crippen molar-refractivity contribution >= 4 is 10.8 Å². The molecular formula is C14H16F3NO3. The number of rotatable bonds is 3. The lowest BCUT2D eigenvalue weighted by molar-refractivity contribution is -0.375. The van der Waals surface area contributed by atoms with E-state index in [-0.39, 0.29) is 10.8 Å². The van der Waals surface area contributed by atoms with E-state index in [2.05, 4.69) is 9.72 Å². The van der Waals surface area contributed by atoms with E-state index in [0.29, 0.717) is 12.0 Å². The van der Waals surface area contributed by atoms with Gasteiger partial charge in [-0.05, 0) is 18.1 Å². The van der Waals surface area contributed by atoms with Gasteiger partial charge in [-0.25, -0.2) is 4.39 Å². The first-order valence-electron chi connectivity index (χ1n) is 6.40. The van der Waals surface area contributed by atoms with Crippen LogP contribution < -0.4 is 4.74 Å². The highest BCUT2D eigenvalue weighted by Gasteiger charge is 2.29. The highest BCUT2D eigenvalue weighted by atomic mass is 19.2. The average molecular weight is 303 g/mol. The lowest BCUT2D eigenvalue weighted by Gasteiger charge is -2.17. The summed E-state index contributed by atoms with van der Waals surface area (Å²) < 4.78 is 43.8. The van der Waals surface area contributed by atoms with Gasteiger partial charge >= 0.3 is 6.23 Å². The van der Waals surface area contributed by atoms with E-state index >= 15 is 0 Å². The number of pyridine rings is 1.